The van der Waals surface area contributed by atoms with Crippen molar-refractivity contribution < 1.29 is 32.2 Å². The molecule has 2 aromatic heterocycles. The molecule has 4 rings (SSSR count). The van der Waals surface area contributed by atoms with Crippen LogP contribution in [0.1, 0.15) is 27.9 Å². The number of anilines is 1. The molecular weight excluding hydrogens is 653 g/mol. The summed E-state index contributed by atoms with van der Waals surface area (Å²) in [4.78, 5) is 32.9. The van der Waals surface area contributed by atoms with E-state index in [0.717, 1.165) is 33.0 Å². The summed E-state index contributed by atoms with van der Waals surface area (Å²) in [5, 5.41) is 9.48. The molecule has 0 N–H and O–H groups in total. The lowest BCUT2D eigenvalue weighted by atomic mass is 10.2. The fourth-order valence-corrected chi connectivity index (χ4v) is 7.04. The molecule has 16 heteroatoms. The Kier molecular flexibility index (Phi) is 12.0. The number of ether oxygens (including phenoxy) is 3. The number of amides is 1. The van der Waals surface area contributed by atoms with Crippen molar-refractivity contribution in [2.75, 3.05) is 45.6 Å². The Hall–Kier alpha value is -3.67. The SMILES string of the molecule is CCOC(=O)c1sc(N(Cc2ccccc2)C(=O)CSc2nnc(-c3cccc(S(=O)(=O)N(C)C)c3)n2CC(OC)OC)nc1C. The Balaban J connectivity index is 1.67. The van der Waals surface area contributed by atoms with Gasteiger partial charge in [0, 0.05) is 33.9 Å². The number of sulfonamides is 1. The van der Waals surface area contributed by atoms with Crippen LogP contribution in [0.2, 0.25) is 0 Å². The number of esters is 1. The standard InChI is InChI=1S/C30H36N6O7S3/c1-7-43-28(38)26-20(2)31-29(45-26)35(17-21-12-9-8-10-13-21)24(37)19-44-30-33-32-27(36(30)18-25(41-5)42-6)22-14-11-15-23(16-22)46(39,40)34(3)4/h8-16,25H,7,17-19H2,1-6H3. The highest BCUT2D eigenvalue weighted by atomic mass is 32.2. The predicted octanol–water partition coefficient (Wildman–Crippen LogP) is 4.08. The minimum absolute atomic E-state index is 0.0436. The van der Waals surface area contributed by atoms with Crippen LogP contribution in [0, 0.1) is 6.92 Å². The first kappa shape index (κ1) is 35.2. The van der Waals surface area contributed by atoms with Gasteiger partial charge in [0.1, 0.15) is 4.88 Å². The number of hydrogen-bond donors (Lipinski definition) is 0. The van der Waals surface area contributed by atoms with Crippen molar-refractivity contribution in [1.82, 2.24) is 24.1 Å². The molecule has 246 valence electrons. The highest BCUT2D eigenvalue weighted by molar-refractivity contribution is 7.99. The lowest BCUT2D eigenvalue weighted by Gasteiger charge is -2.20. The molecule has 0 bridgehead atoms. The molecule has 0 saturated carbocycles. The normalized spacial score (nSPS) is 11.7. The molecule has 0 aliphatic heterocycles. The number of aryl methyl sites for hydroxylation is 1. The molecule has 2 aromatic carbocycles. The van der Waals surface area contributed by atoms with Gasteiger partial charge in [0.05, 0.1) is 36.0 Å². The van der Waals surface area contributed by atoms with Gasteiger partial charge in [-0.05, 0) is 31.5 Å². The first-order valence-corrected chi connectivity index (χ1v) is 17.4. The Morgan fingerprint density at radius 2 is 1.76 bits per heavy atom. The summed E-state index contributed by atoms with van der Waals surface area (Å²) in [6, 6.07) is 15.9. The van der Waals surface area contributed by atoms with Crippen molar-refractivity contribution in [3.63, 3.8) is 0 Å². The van der Waals surface area contributed by atoms with Crippen LogP contribution in [0.4, 0.5) is 5.13 Å². The van der Waals surface area contributed by atoms with Gasteiger partial charge in [0.15, 0.2) is 22.4 Å². The highest BCUT2D eigenvalue weighted by Gasteiger charge is 2.26. The van der Waals surface area contributed by atoms with E-state index in [1.54, 1.807) is 30.5 Å². The number of carbonyl (C=O) groups excluding carboxylic acids is 2. The predicted molar refractivity (Wildman–Crippen MR) is 175 cm³/mol. The van der Waals surface area contributed by atoms with Gasteiger partial charge in [-0.3, -0.25) is 14.3 Å². The van der Waals surface area contributed by atoms with Gasteiger partial charge in [0.2, 0.25) is 15.9 Å². The van der Waals surface area contributed by atoms with Crippen molar-refractivity contribution in [2.45, 2.75) is 43.3 Å². The van der Waals surface area contributed by atoms with Crippen LogP contribution in [0.15, 0.2) is 64.6 Å². The van der Waals surface area contributed by atoms with Crippen LogP contribution in [0.25, 0.3) is 11.4 Å². The van der Waals surface area contributed by atoms with Crippen molar-refractivity contribution in [3.05, 3.63) is 70.7 Å². The second-order valence-electron chi connectivity index (χ2n) is 10.0. The monoisotopic (exact) mass is 688 g/mol. The molecule has 2 heterocycles. The number of thioether (sulfide) groups is 1. The second kappa shape index (κ2) is 15.8. The molecule has 0 spiro atoms. The fourth-order valence-electron chi connectivity index (χ4n) is 4.29. The number of carbonyl (C=O) groups is 2. The van der Waals surface area contributed by atoms with Crippen LogP contribution in [-0.2, 0) is 42.1 Å². The molecule has 0 atom stereocenters. The van der Waals surface area contributed by atoms with Gasteiger partial charge in [-0.2, -0.15) is 0 Å². The van der Waals surface area contributed by atoms with E-state index in [9.17, 15) is 18.0 Å². The van der Waals surface area contributed by atoms with Gasteiger partial charge in [-0.15, -0.1) is 10.2 Å². The summed E-state index contributed by atoms with van der Waals surface area (Å²) in [5.41, 5.74) is 1.87. The summed E-state index contributed by atoms with van der Waals surface area (Å²) in [6.45, 7) is 4.05. The first-order chi connectivity index (χ1) is 22.0. The lowest BCUT2D eigenvalue weighted by molar-refractivity contribution is -0.116. The fraction of sp³-hybridized carbons (Fsp3) is 0.367. The van der Waals surface area contributed by atoms with Crippen LogP contribution in [0.5, 0.6) is 0 Å². The van der Waals surface area contributed by atoms with Crippen molar-refractivity contribution in [1.29, 1.82) is 0 Å². The van der Waals surface area contributed by atoms with Crippen molar-refractivity contribution >= 4 is 50.1 Å². The maximum atomic E-state index is 13.9. The summed E-state index contributed by atoms with van der Waals surface area (Å²) in [5.74, 6) is -0.430. The quantitative estimate of drug-likeness (QED) is 0.101. The molecule has 13 nitrogen and oxygen atoms in total. The molecule has 46 heavy (non-hydrogen) atoms. The van der Waals surface area contributed by atoms with Crippen LogP contribution < -0.4 is 4.90 Å². The number of nitrogens with zero attached hydrogens (tertiary/aromatic N) is 6. The number of hydrogen-bond acceptors (Lipinski definition) is 12. The van der Waals surface area contributed by atoms with E-state index in [0.29, 0.717) is 32.2 Å². The number of aromatic nitrogens is 4. The molecule has 4 aromatic rings. The van der Waals surface area contributed by atoms with E-state index < -0.39 is 22.3 Å². The third-order valence-electron chi connectivity index (χ3n) is 6.73. The average Bonchev–Trinajstić information content (AvgIpc) is 3.64. The van der Waals surface area contributed by atoms with E-state index in [1.807, 2.05) is 30.3 Å². The van der Waals surface area contributed by atoms with E-state index in [1.165, 1.54) is 45.3 Å². The summed E-state index contributed by atoms with van der Waals surface area (Å²) in [7, 11) is 2.22. The summed E-state index contributed by atoms with van der Waals surface area (Å²) < 4.78 is 44.6. The Bertz CT molecular complexity index is 1760. The largest absolute Gasteiger partial charge is 0.462 e. The van der Waals surface area contributed by atoms with E-state index in [4.69, 9.17) is 14.2 Å². The number of methoxy groups -OCH3 is 2. The number of benzene rings is 2. The van der Waals surface area contributed by atoms with E-state index >= 15 is 0 Å². The van der Waals surface area contributed by atoms with Gasteiger partial charge in [-0.25, -0.2) is 22.5 Å². The van der Waals surface area contributed by atoms with Gasteiger partial charge in [-0.1, -0.05) is 65.6 Å². The first-order valence-electron chi connectivity index (χ1n) is 14.1. The summed E-state index contributed by atoms with van der Waals surface area (Å²) >= 11 is 2.25. The maximum absolute atomic E-state index is 13.9. The Morgan fingerprint density at radius 1 is 1.04 bits per heavy atom. The molecule has 0 saturated heterocycles. The Morgan fingerprint density at radius 3 is 2.41 bits per heavy atom. The molecule has 1 amide bonds. The zero-order valence-electron chi connectivity index (χ0n) is 26.4. The van der Waals surface area contributed by atoms with Crippen molar-refractivity contribution in [3.8, 4) is 11.4 Å². The molecule has 0 radical (unpaired) electrons. The average molecular weight is 689 g/mol. The number of thiazole rings is 1. The molecule has 0 fully saturated rings. The molecule has 0 unspecified atom stereocenters. The molecular formula is C30H36N6O7S3. The Labute approximate surface area is 276 Å². The highest BCUT2D eigenvalue weighted by Crippen LogP contribution is 2.31. The van der Waals surface area contributed by atoms with E-state index in [-0.39, 0.29) is 36.3 Å². The lowest BCUT2D eigenvalue weighted by Crippen LogP contribution is -2.32. The third kappa shape index (κ3) is 8.18. The molecule has 0 aliphatic rings. The minimum atomic E-state index is -3.70. The van der Waals surface area contributed by atoms with Crippen molar-refractivity contribution in [2.24, 2.45) is 0 Å². The third-order valence-corrected chi connectivity index (χ3v) is 10.7. The maximum Gasteiger partial charge on any atom is 0.350 e. The van der Waals surface area contributed by atoms with E-state index in [2.05, 4.69) is 15.2 Å². The van der Waals surface area contributed by atoms with Gasteiger partial charge in [0.25, 0.3) is 0 Å². The van der Waals surface area contributed by atoms with Gasteiger partial charge >= 0.3 is 5.97 Å². The second-order valence-corrected chi connectivity index (χ2v) is 14.1. The summed E-state index contributed by atoms with van der Waals surface area (Å²) in [6.07, 6.45) is -0.673. The minimum Gasteiger partial charge on any atom is -0.462 e. The zero-order chi connectivity index (χ0) is 33.4. The van der Waals surface area contributed by atoms with Gasteiger partial charge < -0.3 is 14.2 Å². The van der Waals surface area contributed by atoms with Crippen LogP contribution >= 0.6 is 23.1 Å². The smallest absolute Gasteiger partial charge is 0.350 e. The van der Waals surface area contributed by atoms with Crippen LogP contribution in [-0.4, -0.2) is 91.3 Å². The van der Waals surface area contributed by atoms with Crippen LogP contribution in [0.3, 0.4) is 0 Å². The molecule has 0 aliphatic carbocycles. The topological polar surface area (TPSA) is 146 Å². The zero-order valence-corrected chi connectivity index (χ0v) is 28.8. The number of rotatable bonds is 15.